The summed E-state index contributed by atoms with van der Waals surface area (Å²) in [6.45, 7) is 4.24. The normalized spacial score (nSPS) is 12.2. The first kappa shape index (κ1) is 14.2. The highest BCUT2D eigenvalue weighted by Crippen LogP contribution is 2.34. The van der Waals surface area contributed by atoms with E-state index in [9.17, 15) is 0 Å². The lowest BCUT2D eigenvalue weighted by Crippen LogP contribution is -2.04. The van der Waals surface area contributed by atoms with Gasteiger partial charge in [-0.1, -0.05) is 6.92 Å². The molecule has 20 heavy (non-hydrogen) atoms. The molecule has 0 saturated carbocycles. The molecule has 0 bridgehead atoms. The van der Waals surface area contributed by atoms with Gasteiger partial charge in [-0.15, -0.1) is 0 Å². The van der Waals surface area contributed by atoms with Crippen LogP contribution in [0.25, 0.3) is 11.3 Å². The van der Waals surface area contributed by atoms with Gasteiger partial charge in [0, 0.05) is 17.8 Å². The number of hydrogen-bond acceptors (Lipinski definition) is 4. The van der Waals surface area contributed by atoms with E-state index in [1.807, 2.05) is 29.1 Å². The van der Waals surface area contributed by atoms with Gasteiger partial charge in [0.2, 0.25) is 0 Å². The van der Waals surface area contributed by atoms with Crippen LogP contribution in [-0.2, 0) is 0 Å². The molecule has 2 aromatic rings. The van der Waals surface area contributed by atoms with E-state index in [0.717, 1.165) is 17.7 Å². The zero-order chi connectivity index (χ0) is 14.7. The Hall–Kier alpha value is -2.17. The number of methoxy groups -OCH3 is 2. The molecule has 0 spiro atoms. The maximum atomic E-state index is 6.07. The molecule has 1 aromatic heterocycles. The SMILES string of the molecule is CCC(C)n1cc(N)c(-c2ccc(OC)c(OC)c2)n1. The van der Waals surface area contributed by atoms with Crippen molar-refractivity contribution in [1.29, 1.82) is 0 Å². The van der Waals surface area contributed by atoms with Crippen LogP contribution in [0.1, 0.15) is 26.3 Å². The zero-order valence-electron chi connectivity index (χ0n) is 12.4. The number of anilines is 1. The third-order valence-electron chi connectivity index (χ3n) is 3.46. The van der Waals surface area contributed by atoms with Gasteiger partial charge in [0.05, 0.1) is 19.9 Å². The summed E-state index contributed by atoms with van der Waals surface area (Å²) in [5.74, 6) is 1.36. The van der Waals surface area contributed by atoms with Gasteiger partial charge >= 0.3 is 0 Å². The van der Waals surface area contributed by atoms with E-state index in [1.165, 1.54) is 0 Å². The van der Waals surface area contributed by atoms with Crippen molar-refractivity contribution < 1.29 is 9.47 Å². The number of nitrogen functional groups attached to an aromatic ring is 1. The first-order valence-corrected chi connectivity index (χ1v) is 6.67. The van der Waals surface area contributed by atoms with E-state index in [-0.39, 0.29) is 0 Å². The quantitative estimate of drug-likeness (QED) is 0.910. The van der Waals surface area contributed by atoms with Gasteiger partial charge in [-0.3, -0.25) is 4.68 Å². The highest BCUT2D eigenvalue weighted by molar-refractivity contribution is 5.74. The van der Waals surface area contributed by atoms with Gasteiger partial charge in [-0.05, 0) is 31.5 Å². The van der Waals surface area contributed by atoms with Crippen LogP contribution in [0.3, 0.4) is 0 Å². The molecule has 5 nitrogen and oxygen atoms in total. The number of benzene rings is 1. The van der Waals surface area contributed by atoms with Crippen molar-refractivity contribution in [2.75, 3.05) is 20.0 Å². The Morgan fingerprint density at radius 3 is 2.55 bits per heavy atom. The van der Waals surface area contributed by atoms with Gasteiger partial charge in [0.15, 0.2) is 11.5 Å². The topological polar surface area (TPSA) is 62.3 Å². The van der Waals surface area contributed by atoms with Crippen molar-refractivity contribution in [3.8, 4) is 22.8 Å². The smallest absolute Gasteiger partial charge is 0.161 e. The fraction of sp³-hybridized carbons (Fsp3) is 0.400. The van der Waals surface area contributed by atoms with Crippen LogP contribution in [0.15, 0.2) is 24.4 Å². The summed E-state index contributed by atoms with van der Waals surface area (Å²) in [6.07, 6.45) is 2.88. The van der Waals surface area contributed by atoms with E-state index in [4.69, 9.17) is 15.2 Å². The molecular weight excluding hydrogens is 254 g/mol. The van der Waals surface area contributed by atoms with Gasteiger partial charge in [0.1, 0.15) is 5.69 Å². The minimum Gasteiger partial charge on any atom is -0.493 e. The predicted molar refractivity (Wildman–Crippen MR) is 80.2 cm³/mol. The summed E-state index contributed by atoms with van der Waals surface area (Å²) in [5, 5.41) is 4.58. The molecule has 0 aliphatic heterocycles. The molecule has 1 unspecified atom stereocenters. The Morgan fingerprint density at radius 1 is 1.25 bits per heavy atom. The summed E-state index contributed by atoms with van der Waals surface area (Å²) in [7, 11) is 3.23. The molecule has 0 radical (unpaired) electrons. The van der Waals surface area contributed by atoms with Crippen LogP contribution in [-0.4, -0.2) is 24.0 Å². The molecule has 1 atom stereocenters. The lowest BCUT2D eigenvalue weighted by atomic mass is 10.1. The average Bonchev–Trinajstić information content (AvgIpc) is 2.87. The zero-order valence-corrected chi connectivity index (χ0v) is 12.4. The average molecular weight is 275 g/mol. The van der Waals surface area contributed by atoms with Gasteiger partial charge < -0.3 is 15.2 Å². The number of nitrogens with zero attached hydrogens (tertiary/aromatic N) is 2. The van der Waals surface area contributed by atoms with E-state index in [0.29, 0.717) is 23.2 Å². The number of ether oxygens (including phenoxy) is 2. The minimum atomic E-state index is 0.325. The lowest BCUT2D eigenvalue weighted by Gasteiger charge is -2.09. The first-order chi connectivity index (χ1) is 9.60. The van der Waals surface area contributed by atoms with Crippen molar-refractivity contribution in [2.24, 2.45) is 0 Å². The molecule has 1 aromatic carbocycles. The molecule has 1 heterocycles. The highest BCUT2D eigenvalue weighted by Gasteiger charge is 2.13. The van der Waals surface area contributed by atoms with Gasteiger partial charge in [0.25, 0.3) is 0 Å². The monoisotopic (exact) mass is 275 g/mol. The van der Waals surface area contributed by atoms with Gasteiger partial charge in [-0.2, -0.15) is 5.10 Å². The Bertz CT molecular complexity index is 593. The first-order valence-electron chi connectivity index (χ1n) is 6.67. The van der Waals surface area contributed by atoms with Crippen molar-refractivity contribution in [2.45, 2.75) is 26.3 Å². The molecular formula is C15H21N3O2. The Morgan fingerprint density at radius 2 is 1.95 bits per heavy atom. The Kier molecular flexibility index (Phi) is 4.17. The summed E-state index contributed by atoms with van der Waals surface area (Å²) < 4.78 is 12.5. The maximum absolute atomic E-state index is 6.07. The second kappa shape index (κ2) is 5.86. The molecule has 2 rings (SSSR count). The van der Waals surface area contributed by atoms with Crippen LogP contribution in [0.5, 0.6) is 11.5 Å². The van der Waals surface area contributed by atoms with E-state index >= 15 is 0 Å². The summed E-state index contributed by atoms with van der Waals surface area (Å²) >= 11 is 0. The summed E-state index contributed by atoms with van der Waals surface area (Å²) in [4.78, 5) is 0. The number of aromatic nitrogens is 2. The predicted octanol–water partition coefficient (Wildman–Crippen LogP) is 3.12. The minimum absolute atomic E-state index is 0.325. The van der Waals surface area contributed by atoms with Crippen LogP contribution in [0.4, 0.5) is 5.69 Å². The maximum Gasteiger partial charge on any atom is 0.161 e. The standard InChI is InChI=1S/C15H21N3O2/c1-5-10(2)18-9-12(16)15(17-18)11-6-7-13(19-3)14(8-11)20-4/h6-10H,5,16H2,1-4H3. The molecule has 0 amide bonds. The number of nitrogens with two attached hydrogens (primary N) is 1. The highest BCUT2D eigenvalue weighted by atomic mass is 16.5. The second-order valence-electron chi connectivity index (χ2n) is 4.74. The van der Waals surface area contributed by atoms with E-state index in [2.05, 4.69) is 18.9 Å². The fourth-order valence-corrected chi connectivity index (χ4v) is 2.03. The van der Waals surface area contributed by atoms with Crippen LogP contribution in [0, 0.1) is 0 Å². The molecule has 0 fully saturated rings. The van der Waals surface area contributed by atoms with E-state index < -0.39 is 0 Å². The summed E-state index contributed by atoms with van der Waals surface area (Å²) in [6, 6.07) is 6.00. The van der Waals surface area contributed by atoms with Crippen molar-refractivity contribution in [3.63, 3.8) is 0 Å². The fourth-order valence-electron chi connectivity index (χ4n) is 2.03. The molecule has 0 saturated heterocycles. The van der Waals surface area contributed by atoms with Crippen molar-refractivity contribution in [3.05, 3.63) is 24.4 Å². The van der Waals surface area contributed by atoms with Crippen LogP contribution in [0.2, 0.25) is 0 Å². The molecule has 0 aliphatic carbocycles. The number of rotatable bonds is 5. The van der Waals surface area contributed by atoms with Crippen LogP contribution >= 0.6 is 0 Å². The number of hydrogen-bond donors (Lipinski definition) is 1. The molecule has 108 valence electrons. The van der Waals surface area contributed by atoms with Gasteiger partial charge in [-0.25, -0.2) is 0 Å². The van der Waals surface area contributed by atoms with Crippen molar-refractivity contribution in [1.82, 2.24) is 9.78 Å². The largest absolute Gasteiger partial charge is 0.493 e. The second-order valence-corrected chi connectivity index (χ2v) is 4.74. The van der Waals surface area contributed by atoms with Crippen molar-refractivity contribution >= 4 is 5.69 Å². The lowest BCUT2D eigenvalue weighted by molar-refractivity contribution is 0.355. The van der Waals surface area contributed by atoms with E-state index in [1.54, 1.807) is 14.2 Å². The Balaban J connectivity index is 2.43. The molecule has 0 aliphatic rings. The Labute approximate surface area is 119 Å². The molecule has 2 N–H and O–H groups in total. The summed E-state index contributed by atoms with van der Waals surface area (Å²) in [5.41, 5.74) is 8.43. The van der Waals surface area contributed by atoms with Crippen LogP contribution < -0.4 is 15.2 Å². The third kappa shape index (κ3) is 2.57. The molecule has 5 heteroatoms. The third-order valence-corrected chi connectivity index (χ3v) is 3.46.